The number of carbonyl (C=O) groups excluding carboxylic acids is 5. The van der Waals surface area contributed by atoms with Crippen molar-refractivity contribution in [2.24, 2.45) is 11.8 Å². The van der Waals surface area contributed by atoms with E-state index in [4.69, 9.17) is 33.2 Å². The quantitative estimate of drug-likeness (QED) is 0.0332. The fraction of sp³-hybridized carbons (Fsp3) is 0.896. The fourth-order valence-corrected chi connectivity index (χ4v) is 8.05. The molecule has 1 fully saturated rings. The van der Waals surface area contributed by atoms with E-state index in [1.807, 2.05) is 0 Å². The maximum atomic E-state index is 13.1. The van der Waals surface area contributed by atoms with Crippen molar-refractivity contribution in [3.63, 3.8) is 0 Å². The van der Waals surface area contributed by atoms with Crippen LogP contribution < -0.4 is 0 Å². The summed E-state index contributed by atoms with van der Waals surface area (Å²) >= 11 is 0. The third-order valence-electron chi connectivity index (χ3n) is 11.3. The largest absolute Gasteiger partial charge is 0.457 e. The Labute approximate surface area is 363 Å². The van der Waals surface area contributed by atoms with E-state index in [1.54, 1.807) is 0 Å². The van der Waals surface area contributed by atoms with Crippen LogP contribution in [0.3, 0.4) is 0 Å². The van der Waals surface area contributed by atoms with Crippen molar-refractivity contribution < 1.29 is 57.1 Å². The van der Waals surface area contributed by atoms with Crippen molar-refractivity contribution >= 4 is 29.8 Å². The molecule has 0 saturated heterocycles. The lowest BCUT2D eigenvalue weighted by molar-refractivity contribution is -0.181. The second kappa shape index (κ2) is 34.8. The molecular formula is C48H86O12. The molecule has 0 aromatic heterocycles. The van der Waals surface area contributed by atoms with Crippen molar-refractivity contribution in [3.8, 4) is 0 Å². The zero-order valence-corrected chi connectivity index (χ0v) is 39.1. The van der Waals surface area contributed by atoms with Gasteiger partial charge in [0, 0.05) is 40.7 Å². The third kappa shape index (κ3) is 27.3. The lowest BCUT2D eigenvalue weighted by atomic mass is 9.96. The van der Waals surface area contributed by atoms with Crippen LogP contribution in [0.1, 0.15) is 209 Å². The van der Waals surface area contributed by atoms with Gasteiger partial charge in [-0.05, 0) is 24.7 Å². The van der Waals surface area contributed by atoms with Gasteiger partial charge in [-0.15, -0.1) is 0 Å². The van der Waals surface area contributed by atoms with E-state index in [1.165, 1.54) is 117 Å². The van der Waals surface area contributed by atoms with E-state index in [9.17, 15) is 24.0 Å². The summed E-state index contributed by atoms with van der Waals surface area (Å²) in [6.07, 6.45) is 20.5. The predicted molar refractivity (Wildman–Crippen MR) is 233 cm³/mol. The molecule has 2 unspecified atom stereocenters. The number of unbranched alkanes of at least 4 members (excludes halogenated alkanes) is 15. The molecule has 0 N–H and O–H groups in total. The Kier molecular flexibility index (Phi) is 32.1. The van der Waals surface area contributed by atoms with Crippen LogP contribution in [0.2, 0.25) is 0 Å². The maximum absolute atomic E-state index is 13.1. The van der Waals surface area contributed by atoms with Gasteiger partial charge < -0.3 is 33.2 Å². The van der Waals surface area contributed by atoms with Crippen molar-refractivity contribution in [3.05, 3.63) is 0 Å². The van der Waals surface area contributed by atoms with Gasteiger partial charge in [-0.25, -0.2) is 0 Å². The topological polar surface area (TPSA) is 150 Å². The number of esters is 5. The number of ether oxygens (including phenoxy) is 7. The summed E-state index contributed by atoms with van der Waals surface area (Å²) in [6.45, 7) is 14.2. The van der Waals surface area contributed by atoms with Crippen LogP contribution in [0.25, 0.3) is 0 Å². The van der Waals surface area contributed by atoms with Gasteiger partial charge in [0.1, 0.15) is 12.2 Å². The Balaban J connectivity index is 2.80. The minimum atomic E-state index is -1.32. The summed E-state index contributed by atoms with van der Waals surface area (Å²) in [5.74, 6) is -1.70. The number of carbonyl (C=O) groups is 5. The van der Waals surface area contributed by atoms with Crippen LogP contribution in [0, 0.1) is 11.8 Å². The standard InChI is InChI=1S/C48H86O12/c1-9-11-13-23-29-37(4)31-24-18-15-14-16-21-27-33-54-34-42(60-43(53)32-26-20-17-19-25-30-36(3)28-22-12-10-2)35-55-44-45(56-38(5)49)47(58-40(7)51)48(59-41(8)52)46(44)57-39(6)50/h36-37,42,44-48H,9-35H2,1-8H3/t36?,37?,42-,45+,46+,47-,48-/m0/s1. The molecule has 7 atom stereocenters. The average molecular weight is 855 g/mol. The highest BCUT2D eigenvalue weighted by Crippen LogP contribution is 2.34. The van der Waals surface area contributed by atoms with Crippen molar-refractivity contribution in [2.75, 3.05) is 19.8 Å². The third-order valence-corrected chi connectivity index (χ3v) is 11.3. The SMILES string of the molecule is CCCCCCC(C)CCCCCCCCCOC[C@@H](COC1[C@@H](OC(C)=O)[C@H](OC(C)=O)[C@@H](OC(C)=O)[C@@H]1OC(C)=O)OC(=O)CCCCCCCC(C)CCCCC. The Bertz CT molecular complexity index is 1120. The molecule has 350 valence electrons. The van der Waals surface area contributed by atoms with Crippen LogP contribution >= 0.6 is 0 Å². The first-order chi connectivity index (χ1) is 28.8. The van der Waals surface area contributed by atoms with Crippen LogP contribution in [-0.2, 0) is 57.1 Å². The highest BCUT2D eigenvalue weighted by molar-refractivity contribution is 5.70. The molecule has 1 rings (SSSR count). The second-order valence-corrected chi connectivity index (χ2v) is 17.4. The van der Waals surface area contributed by atoms with Gasteiger partial charge in [0.25, 0.3) is 0 Å². The van der Waals surface area contributed by atoms with Gasteiger partial charge in [0.05, 0.1) is 13.2 Å². The summed E-state index contributed by atoms with van der Waals surface area (Å²) in [4.78, 5) is 61.9. The van der Waals surface area contributed by atoms with Crippen LogP contribution in [0.4, 0.5) is 0 Å². The van der Waals surface area contributed by atoms with Crippen molar-refractivity contribution in [1.82, 2.24) is 0 Å². The molecule has 12 nitrogen and oxygen atoms in total. The summed E-state index contributed by atoms with van der Waals surface area (Å²) in [6, 6.07) is 0. The summed E-state index contributed by atoms with van der Waals surface area (Å²) < 4.78 is 40.1. The van der Waals surface area contributed by atoms with E-state index in [0.717, 1.165) is 64.2 Å². The van der Waals surface area contributed by atoms with E-state index >= 15 is 0 Å². The Morgan fingerprint density at radius 2 is 0.783 bits per heavy atom. The predicted octanol–water partition coefficient (Wildman–Crippen LogP) is 10.7. The number of hydrogen-bond acceptors (Lipinski definition) is 12. The first-order valence-electron chi connectivity index (χ1n) is 23.9. The fourth-order valence-electron chi connectivity index (χ4n) is 8.05. The average Bonchev–Trinajstić information content (AvgIpc) is 3.41. The molecule has 0 aromatic carbocycles. The van der Waals surface area contributed by atoms with Crippen LogP contribution in [0.15, 0.2) is 0 Å². The van der Waals surface area contributed by atoms with E-state index < -0.39 is 60.5 Å². The second-order valence-electron chi connectivity index (χ2n) is 17.4. The van der Waals surface area contributed by atoms with Gasteiger partial charge in [-0.3, -0.25) is 24.0 Å². The van der Waals surface area contributed by atoms with Gasteiger partial charge in [-0.1, -0.05) is 163 Å². The smallest absolute Gasteiger partial charge is 0.306 e. The van der Waals surface area contributed by atoms with Gasteiger partial charge in [-0.2, -0.15) is 0 Å². The van der Waals surface area contributed by atoms with E-state index in [2.05, 4.69) is 27.7 Å². The first kappa shape index (κ1) is 55.3. The molecule has 1 aliphatic rings. The minimum absolute atomic E-state index is 0.0583. The molecule has 0 heterocycles. The van der Waals surface area contributed by atoms with Gasteiger partial charge in [0.2, 0.25) is 0 Å². The number of hydrogen-bond donors (Lipinski definition) is 0. The first-order valence-corrected chi connectivity index (χ1v) is 23.9. The van der Waals surface area contributed by atoms with Gasteiger partial charge in [0.15, 0.2) is 24.4 Å². The zero-order chi connectivity index (χ0) is 44.5. The highest BCUT2D eigenvalue weighted by atomic mass is 16.7. The summed E-state index contributed by atoms with van der Waals surface area (Å²) in [5, 5.41) is 0. The number of rotatable bonds is 37. The lowest BCUT2D eigenvalue weighted by Gasteiger charge is -2.27. The molecule has 0 spiro atoms. The summed E-state index contributed by atoms with van der Waals surface area (Å²) in [5.41, 5.74) is 0. The Morgan fingerprint density at radius 1 is 0.433 bits per heavy atom. The molecule has 1 aliphatic carbocycles. The minimum Gasteiger partial charge on any atom is -0.457 e. The highest BCUT2D eigenvalue weighted by Gasteiger charge is 2.59. The molecule has 0 aromatic rings. The zero-order valence-electron chi connectivity index (χ0n) is 39.1. The monoisotopic (exact) mass is 855 g/mol. The molecule has 0 radical (unpaired) electrons. The normalized spacial score (nSPS) is 19.3. The van der Waals surface area contributed by atoms with Crippen LogP contribution in [0.5, 0.6) is 0 Å². The molecular weight excluding hydrogens is 769 g/mol. The molecule has 1 saturated carbocycles. The maximum Gasteiger partial charge on any atom is 0.306 e. The Hall–Kier alpha value is -2.73. The molecule has 60 heavy (non-hydrogen) atoms. The van der Waals surface area contributed by atoms with Crippen molar-refractivity contribution in [2.45, 2.75) is 246 Å². The van der Waals surface area contributed by atoms with E-state index in [-0.39, 0.29) is 25.6 Å². The Morgan fingerprint density at radius 3 is 1.22 bits per heavy atom. The van der Waals surface area contributed by atoms with Gasteiger partial charge >= 0.3 is 29.8 Å². The molecule has 12 heteroatoms. The van der Waals surface area contributed by atoms with Crippen molar-refractivity contribution in [1.29, 1.82) is 0 Å². The van der Waals surface area contributed by atoms with Crippen LogP contribution in [-0.4, -0.2) is 86.3 Å². The lowest BCUT2D eigenvalue weighted by Crippen LogP contribution is -2.43. The molecule has 0 amide bonds. The summed E-state index contributed by atoms with van der Waals surface area (Å²) in [7, 11) is 0. The molecule has 0 bridgehead atoms. The van der Waals surface area contributed by atoms with E-state index in [0.29, 0.717) is 13.0 Å². The molecule has 0 aliphatic heterocycles.